The van der Waals surface area contributed by atoms with Gasteiger partial charge in [-0.15, -0.1) is 0 Å². The fourth-order valence-corrected chi connectivity index (χ4v) is 3.33. The van der Waals surface area contributed by atoms with Crippen molar-refractivity contribution in [3.8, 4) is 0 Å². The Labute approximate surface area is 130 Å². The maximum Gasteiger partial charge on any atom is 0.263 e. The summed E-state index contributed by atoms with van der Waals surface area (Å²) in [6.45, 7) is 1.88. The third kappa shape index (κ3) is 3.22. The summed E-state index contributed by atoms with van der Waals surface area (Å²) >= 11 is 8.12. The predicted octanol–water partition coefficient (Wildman–Crippen LogP) is 4.54. The van der Waals surface area contributed by atoms with Gasteiger partial charge < -0.3 is 0 Å². The predicted molar refractivity (Wildman–Crippen MR) is 80.6 cm³/mol. The Morgan fingerprint density at radius 2 is 1.40 bits per heavy atom. The van der Waals surface area contributed by atoms with Gasteiger partial charge in [-0.1, -0.05) is 41.4 Å². The summed E-state index contributed by atoms with van der Waals surface area (Å²) in [6.07, 6.45) is 0. The average Bonchev–Trinajstić information content (AvgIpc) is 2.38. The van der Waals surface area contributed by atoms with Crippen molar-refractivity contribution >= 4 is 37.4 Å². The van der Waals surface area contributed by atoms with E-state index in [-0.39, 0.29) is 15.4 Å². The SMILES string of the molecule is Cc1ccc(S(=O)(=O)c2ccc(C(F)(Cl)Br)cc2)cc1. The second kappa shape index (κ2) is 5.47. The van der Waals surface area contributed by atoms with Crippen molar-refractivity contribution in [2.75, 3.05) is 0 Å². The fraction of sp³-hybridized carbons (Fsp3) is 0.143. The zero-order chi connectivity index (χ0) is 15.0. The Hall–Kier alpha value is -0.910. The maximum absolute atomic E-state index is 13.4. The molecule has 0 fully saturated rings. The molecule has 0 aliphatic heterocycles. The number of alkyl halides is 3. The number of rotatable bonds is 3. The summed E-state index contributed by atoms with van der Waals surface area (Å²) < 4.78 is 36.0. The summed E-state index contributed by atoms with van der Waals surface area (Å²) in [6, 6.07) is 11.9. The lowest BCUT2D eigenvalue weighted by Crippen LogP contribution is -2.04. The number of sulfone groups is 1. The standard InChI is InChI=1S/C14H11BrClFO2S/c1-10-2-6-12(7-3-10)20(18,19)13-8-4-11(5-9-13)14(15,16)17/h2-9H,1H3. The maximum atomic E-state index is 13.4. The number of hydrogen-bond acceptors (Lipinski definition) is 2. The Balaban J connectivity index is 2.42. The molecule has 0 aromatic heterocycles. The summed E-state index contributed by atoms with van der Waals surface area (Å²) in [4.78, 5) is 0.297. The van der Waals surface area contributed by atoms with Crippen LogP contribution in [0.3, 0.4) is 0 Å². The molecule has 0 N–H and O–H groups in total. The molecule has 20 heavy (non-hydrogen) atoms. The van der Waals surface area contributed by atoms with Gasteiger partial charge in [-0.2, -0.15) is 0 Å². The van der Waals surface area contributed by atoms with Crippen LogP contribution in [0.1, 0.15) is 11.1 Å². The van der Waals surface area contributed by atoms with Crippen LogP contribution in [0.25, 0.3) is 0 Å². The van der Waals surface area contributed by atoms with E-state index in [0.29, 0.717) is 0 Å². The zero-order valence-electron chi connectivity index (χ0n) is 10.5. The van der Waals surface area contributed by atoms with Crippen molar-refractivity contribution in [1.82, 2.24) is 0 Å². The molecule has 106 valence electrons. The first-order valence-electron chi connectivity index (χ1n) is 5.70. The second-order valence-electron chi connectivity index (χ2n) is 4.34. The molecular weight excluding hydrogens is 367 g/mol. The van der Waals surface area contributed by atoms with E-state index in [1.165, 1.54) is 24.3 Å². The molecule has 1 atom stereocenters. The first-order valence-corrected chi connectivity index (χ1v) is 8.36. The van der Waals surface area contributed by atoms with Crippen LogP contribution in [0.15, 0.2) is 58.3 Å². The number of halogens is 3. The number of aryl methyl sites for hydroxylation is 1. The monoisotopic (exact) mass is 376 g/mol. The van der Waals surface area contributed by atoms with E-state index in [1.54, 1.807) is 24.3 Å². The molecule has 0 bridgehead atoms. The minimum Gasteiger partial charge on any atom is -0.219 e. The Kier molecular flexibility index (Phi) is 4.23. The van der Waals surface area contributed by atoms with E-state index < -0.39 is 13.9 Å². The van der Waals surface area contributed by atoms with Crippen molar-refractivity contribution in [3.05, 3.63) is 59.7 Å². The summed E-state index contributed by atoms with van der Waals surface area (Å²) in [5.74, 6) is 0. The molecule has 2 nitrogen and oxygen atoms in total. The van der Waals surface area contributed by atoms with Crippen molar-refractivity contribution < 1.29 is 12.8 Å². The van der Waals surface area contributed by atoms with Crippen molar-refractivity contribution in [3.63, 3.8) is 0 Å². The van der Waals surface area contributed by atoms with E-state index in [4.69, 9.17) is 11.6 Å². The number of benzene rings is 2. The molecule has 0 saturated heterocycles. The van der Waals surface area contributed by atoms with Crippen LogP contribution < -0.4 is 0 Å². The lowest BCUT2D eigenvalue weighted by Gasteiger charge is -2.11. The quantitative estimate of drug-likeness (QED) is 0.736. The third-order valence-corrected chi connectivity index (χ3v) is 5.28. The van der Waals surface area contributed by atoms with Crippen molar-refractivity contribution in [2.45, 2.75) is 20.8 Å². The first kappa shape index (κ1) is 15.5. The summed E-state index contributed by atoms with van der Waals surface area (Å²) in [7, 11) is -3.60. The Morgan fingerprint density at radius 3 is 1.80 bits per heavy atom. The van der Waals surface area contributed by atoms with E-state index in [9.17, 15) is 12.8 Å². The van der Waals surface area contributed by atoms with Crippen molar-refractivity contribution in [2.24, 2.45) is 0 Å². The molecule has 0 spiro atoms. The average molecular weight is 378 g/mol. The van der Waals surface area contributed by atoms with Gasteiger partial charge in [0.2, 0.25) is 9.84 Å². The van der Waals surface area contributed by atoms with Gasteiger partial charge in [-0.3, -0.25) is 0 Å². The normalized spacial score (nSPS) is 14.8. The molecule has 0 radical (unpaired) electrons. The molecule has 0 saturated carbocycles. The molecule has 0 amide bonds. The summed E-state index contributed by atoms with van der Waals surface area (Å²) in [5, 5.41) is 0. The van der Waals surface area contributed by atoms with Crippen LogP contribution >= 0.6 is 27.5 Å². The molecule has 2 rings (SSSR count). The highest BCUT2D eigenvalue weighted by atomic mass is 79.9. The first-order chi connectivity index (χ1) is 9.21. The van der Waals surface area contributed by atoms with Gasteiger partial charge in [0, 0.05) is 5.56 Å². The van der Waals surface area contributed by atoms with Gasteiger partial charge in [0.15, 0.2) is 0 Å². The molecular formula is C14H11BrClFO2S. The molecule has 0 heterocycles. The van der Waals surface area contributed by atoms with Crippen LogP contribution in [-0.4, -0.2) is 8.42 Å². The lowest BCUT2D eigenvalue weighted by atomic mass is 10.2. The van der Waals surface area contributed by atoms with Crippen LogP contribution in [-0.2, 0) is 13.9 Å². The van der Waals surface area contributed by atoms with Gasteiger partial charge in [0.25, 0.3) is 4.04 Å². The molecule has 0 aliphatic carbocycles. The summed E-state index contributed by atoms with van der Waals surface area (Å²) in [5.41, 5.74) is 1.12. The fourth-order valence-electron chi connectivity index (χ4n) is 1.68. The van der Waals surface area contributed by atoms with E-state index in [2.05, 4.69) is 15.9 Å². The molecule has 6 heteroatoms. The molecule has 0 aliphatic rings. The Morgan fingerprint density at radius 1 is 1.00 bits per heavy atom. The second-order valence-corrected chi connectivity index (χ2v) is 8.36. The highest BCUT2D eigenvalue weighted by Gasteiger charge is 2.25. The van der Waals surface area contributed by atoms with Crippen LogP contribution in [0.4, 0.5) is 4.39 Å². The lowest BCUT2D eigenvalue weighted by molar-refractivity contribution is 0.425. The van der Waals surface area contributed by atoms with Crippen LogP contribution in [0.2, 0.25) is 0 Å². The van der Waals surface area contributed by atoms with Gasteiger partial charge in [0.05, 0.1) is 9.79 Å². The molecule has 2 aromatic carbocycles. The van der Waals surface area contributed by atoms with Gasteiger partial charge in [0.1, 0.15) is 0 Å². The minimum atomic E-state index is -3.60. The largest absolute Gasteiger partial charge is 0.263 e. The molecule has 2 aromatic rings. The smallest absolute Gasteiger partial charge is 0.219 e. The molecule has 1 unspecified atom stereocenters. The van der Waals surface area contributed by atoms with Gasteiger partial charge >= 0.3 is 0 Å². The van der Waals surface area contributed by atoms with E-state index in [1.807, 2.05) is 6.92 Å². The van der Waals surface area contributed by atoms with E-state index >= 15 is 0 Å². The van der Waals surface area contributed by atoms with Crippen molar-refractivity contribution in [1.29, 1.82) is 0 Å². The van der Waals surface area contributed by atoms with E-state index in [0.717, 1.165) is 5.56 Å². The van der Waals surface area contributed by atoms with Crippen LogP contribution in [0.5, 0.6) is 0 Å². The highest BCUT2D eigenvalue weighted by Crippen LogP contribution is 2.37. The van der Waals surface area contributed by atoms with Crippen LogP contribution in [0, 0.1) is 6.92 Å². The minimum absolute atomic E-state index is 0.0959. The highest BCUT2D eigenvalue weighted by molar-refractivity contribution is 9.10. The number of hydrogen-bond donors (Lipinski definition) is 0. The zero-order valence-corrected chi connectivity index (χ0v) is 13.6. The topological polar surface area (TPSA) is 34.1 Å². The third-order valence-electron chi connectivity index (χ3n) is 2.82. The van der Waals surface area contributed by atoms with Gasteiger partial charge in [-0.05, 0) is 47.1 Å². The Bertz CT molecular complexity index is 704. The van der Waals surface area contributed by atoms with Gasteiger partial charge in [-0.25, -0.2) is 12.8 Å².